The minimum Gasteiger partial charge on any atom is -0.780 e. The molecule has 0 heterocycles. The SMILES string of the molecule is NCCNCCN.NCCNCCN.[Pb+2].[Pb+2].[S-]c1ccc([S-])cc1.[S-]c1ccc([S-])cc1. The predicted octanol–water partition coefficient (Wildman–Crippen LogP) is -0.778. The fourth-order valence-electron chi connectivity index (χ4n) is 1.54. The van der Waals surface area contributed by atoms with Crippen molar-refractivity contribution in [2.75, 3.05) is 52.4 Å². The maximum atomic E-state index is 5.17. The summed E-state index contributed by atoms with van der Waals surface area (Å²) in [4.78, 5) is 3.38. The molecule has 0 amide bonds. The average Bonchev–Trinajstić information content (AvgIpc) is 2.75. The molecule has 2 aromatic rings. The van der Waals surface area contributed by atoms with E-state index in [0.29, 0.717) is 26.2 Å². The molecule has 2 aromatic carbocycles. The van der Waals surface area contributed by atoms with E-state index in [1.165, 1.54) is 0 Å². The van der Waals surface area contributed by atoms with E-state index in [4.69, 9.17) is 73.4 Å². The largest absolute Gasteiger partial charge is 2.00 e. The van der Waals surface area contributed by atoms with Gasteiger partial charge in [-0.2, -0.15) is 19.6 Å². The summed E-state index contributed by atoms with van der Waals surface area (Å²) in [5, 5.41) is 6.07. The first-order valence-electron chi connectivity index (χ1n) is 9.51. The third-order valence-electron chi connectivity index (χ3n) is 2.93. The number of hydrogen-bond acceptors (Lipinski definition) is 10. The number of rotatable bonds is 8. The van der Waals surface area contributed by atoms with Crippen LogP contribution in [-0.2, 0) is 50.5 Å². The van der Waals surface area contributed by atoms with Gasteiger partial charge in [0.2, 0.25) is 0 Å². The second-order valence-electron chi connectivity index (χ2n) is 5.60. The van der Waals surface area contributed by atoms with Gasteiger partial charge in [-0.15, -0.1) is 0 Å². The van der Waals surface area contributed by atoms with Crippen LogP contribution in [0.15, 0.2) is 68.1 Å². The second-order valence-corrected chi connectivity index (χ2v) is 7.48. The fourth-order valence-corrected chi connectivity index (χ4v) is 2.08. The molecule has 0 atom stereocenters. The van der Waals surface area contributed by atoms with E-state index < -0.39 is 0 Å². The minimum atomic E-state index is 0. The number of benzene rings is 2. The van der Waals surface area contributed by atoms with Gasteiger partial charge >= 0.3 is 54.6 Å². The van der Waals surface area contributed by atoms with Crippen LogP contribution in [0, 0.1) is 0 Å². The van der Waals surface area contributed by atoms with Crippen molar-refractivity contribution in [1.82, 2.24) is 10.6 Å². The van der Waals surface area contributed by atoms with E-state index in [0.717, 1.165) is 45.8 Å². The third-order valence-corrected chi connectivity index (χ3v) is 4.02. The van der Waals surface area contributed by atoms with Gasteiger partial charge in [-0.3, -0.25) is 0 Å². The van der Waals surface area contributed by atoms with Gasteiger partial charge in [0.15, 0.2) is 0 Å². The molecule has 0 saturated heterocycles. The van der Waals surface area contributed by atoms with Crippen molar-refractivity contribution in [3.8, 4) is 0 Å². The first kappa shape index (κ1) is 40.1. The Morgan fingerprint density at radius 1 is 0.438 bits per heavy atom. The average molecular weight is 901 g/mol. The maximum absolute atomic E-state index is 5.17. The van der Waals surface area contributed by atoms with E-state index in [2.05, 4.69) is 10.6 Å². The Morgan fingerprint density at radius 3 is 0.719 bits per heavy atom. The zero-order chi connectivity index (χ0) is 23.0. The van der Waals surface area contributed by atoms with E-state index in [9.17, 15) is 0 Å². The quantitative estimate of drug-likeness (QED) is 0.114. The molecular formula is C20H34N6Pb2S4. The molecule has 6 nitrogen and oxygen atoms in total. The van der Waals surface area contributed by atoms with Gasteiger partial charge in [0, 0.05) is 52.4 Å². The summed E-state index contributed by atoms with van der Waals surface area (Å²) in [6.07, 6.45) is 0. The van der Waals surface area contributed by atoms with Crippen molar-refractivity contribution in [1.29, 1.82) is 0 Å². The van der Waals surface area contributed by atoms with E-state index in [1.54, 1.807) is 0 Å². The molecule has 10 N–H and O–H groups in total. The van der Waals surface area contributed by atoms with Crippen LogP contribution in [0.1, 0.15) is 0 Å². The molecule has 0 aromatic heterocycles. The fraction of sp³-hybridized carbons (Fsp3) is 0.400. The summed E-state index contributed by atoms with van der Waals surface area (Å²) in [5.41, 5.74) is 20.7. The Morgan fingerprint density at radius 2 is 0.594 bits per heavy atom. The molecule has 176 valence electrons. The first-order valence-corrected chi connectivity index (χ1v) is 11.1. The van der Waals surface area contributed by atoms with Crippen molar-refractivity contribution in [2.45, 2.75) is 19.6 Å². The van der Waals surface area contributed by atoms with Crippen LogP contribution in [0.5, 0.6) is 0 Å². The molecule has 2 rings (SSSR count). The van der Waals surface area contributed by atoms with Crippen LogP contribution in [0.2, 0.25) is 0 Å². The molecular weight excluding hydrogens is 867 g/mol. The van der Waals surface area contributed by atoms with Crippen LogP contribution in [0.4, 0.5) is 0 Å². The Hall–Kier alpha value is 0.924. The van der Waals surface area contributed by atoms with Gasteiger partial charge in [0.25, 0.3) is 0 Å². The molecule has 0 aliphatic heterocycles. The van der Waals surface area contributed by atoms with Crippen LogP contribution < -0.4 is 33.6 Å². The molecule has 0 aliphatic carbocycles. The van der Waals surface area contributed by atoms with E-state index >= 15 is 0 Å². The standard InChI is InChI=1S/2C6H6S2.2C4H13N3.2Pb/c2*7-5-1-2-6(8)4-3-5;2*5-1-3-7-4-2-6;;/h2*1-4,7-8H;2*7H,1-6H2;;/q;;;;2*+2/p-4. The number of nitrogens with one attached hydrogen (secondary N) is 2. The van der Waals surface area contributed by atoms with E-state index in [1.807, 2.05) is 48.5 Å². The second kappa shape index (κ2) is 31.9. The Labute approximate surface area is 256 Å². The first-order chi connectivity index (χ1) is 14.4. The van der Waals surface area contributed by atoms with E-state index in [-0.39, 0.29) is 54.6 Å². The minimum absolute atomic E-state index is 0. The van der Waals surface area contributed by atoms with Crippen LogP contribution in [-0.4, -0.2) is 107 Å². The van der Waals surface area contributed by atoms with Crippen LogP contribution >= 0.6 is 0 Å². The molecule has 0 saturated carbocycles. The summed E-state index contributed by atoms with van der Waals surface area (Å²) in [7, 11) is 0. The predicted molar refractivity (Wildman–Crippen MR) is 149 cm³/mol. The van der Waals surface area contributed by atoms with Crippen molar-refractivity contribution >= 4 is 105 Å². The van der Waals surface area contributed by atoms with Crippen molar-refractivity contribution in [3.63, 3.8) is 0 Å². The normalized spacial score (nSPS) is 8.62. The van der Waals surface area contributed by atoms with Gasteiger partial charge < -0.3 is 84.1 Å². The maximum Gasteiger partial charge on any atom is 2.00 e. The van der Waals surface area contributed by atoms with Gasteiger partial charge in [-0.05, 0) is 0 Å². The zero-order valence-corrected chi connectivity index (χ0v) is 29.3. The molecule has 0 unspecified atom stereocenters. The molecule has 0 bridgehead atoms. The summed E-state index contributed by atoms with van der Waals surface area (Å²) >= 11 is 19.3. The van der Waals surface area contributed by atoms with Crippen molar-refractivity contribution < 1.29 is 0 Å². The molecule has 0 fully saturated rings. The summed E-state index contributed by atoms with van der Waals surface area (Å²) in [6, 6.07) is 14.6. The molecule has 0 spiro atoms. The summed E-state index contributed by atoms with van der Waals surface area (Å²) in [6.45, 7) is 6.27. The third kappa shape index (κ3) is 33.1. The summed E-state index contributed by atoms with van der Waals surface area (Å²) < 4.78 is 0. The van der Waals surface area contributed by atoms with Gasteiger partial charge in [0.1, 0.15) is 0 Å². The molecule has 4 radical (unpaired) electrons. The topological polar surface area (TPSA) is 128 Å². The van der Waals surface area contributed by atoms with Crippen LogP contribution in [0.25, 0.3) is 0 Å². The van der Waals surface area contributed by atoms with Crippen molar-refractivity contribution in [3.05, 3.63) is 48.5 Å². The monoisotopic (exact) mass is 902 g/mol. The van der Waals surface area contributed by atoms with Crippen LogP contribution in [0.3, 0.4) is 0 Å². The van der Waals surface area contributed by atoms with Gasteiger partial charge in [-0.25, -0.2) is 0 Å². The van der Waals surface area contributed by atoms with Gasteiger partial charge in [0.05, 0.1) is 0 Å². The smallest absolute Gasteiger partial charge is 0.780 e. The Kier molecular flexibility index (Phi) is 40.0. The number of nitrogens with two attached hydrogens (primary N) is 4. The Bertz CT molecular complexity index is 492. The molecule has 32 heavy (non-hydrogen) atoms. The molecule has 12 heteroatoms. The van der Waals surface area contributed by atoms with Gasteiger partial charge in [-0.1, -0.05) is 48.5 Å². The Balaban J connectivity index is -0.000000161. The van der Waals surface area contributed by atoms with Crippen molar-refractivity contribution in [2.24, 2.45) is 22.9 Å². The number of hydrogen-bond donors (Lipinski definition) is 6. The molecule has 0 aliphatic rings. The summed E-state index contributed by atoms with van der Waals surface area (Å²) in [5.74, 6) is 0. The zero-order valence-electron chi connectivity index (χ0n) is 18.2.